The molecule has 2 atom stereocenters. The summed E-state index contributed by atoms with van der Waals surface area (Å²) in [6.07, 6.45) is 1.46. The standard InChI is InChI=1S/C16H22N6O2/c1-20(2)15-9-21(16(23)10-22-11-17-18-19-22)8-14(15)12-4-6-13(24-3)7-5-12/h4-7,11,14-15H,8-10H2,1-3H3/t14-,15+/m0/s1. The largest absolute Gasteiger partial charge is 0.497 e. The number of likely N-dealkylation sites (N-methyl/N-ethyl adjacent to an activating group) is 1. The summed E-state index contributed by atoms with van der Waals surface area (Å²) in [6.45, 7) is 1.56. The zero-order chi connectivity index (χ0) is 17.1. The Balaban J connectivity index is 1.74. The fourth-order valence-electron chi connectivity index (χ4n) is 3.18. The third-order valence-corrected chi connectivity index (χ3v) is 4.54. The molecule has 0 bridgehead atoms. The molecule has 8 nitrogen and oxygen atoms in total. The molecule has 1 amide bonds. The quantitative estimate of drug-likeness (QED) is 0.781. The summed E-state index contributed by atoms with van der Waals surface area (Å²) in [4.78, 5) is 16.6. The highest BCUT2D eigenvalue weighted by Crippen LogP contribution is 2.31. The van der Waals surface area contributed by atoms with Crippen LogP contribution in [0, 0.1) is 0 Å². The highest BCUT2D eigenvalue weighted by molar-refractivity contribution is 5.76. The first-order chi connectivity index (χ1) is 11.6. The average Bonchev–Trinajstić information content (AvgIpc) is 3.24. The van der Waals surface area contributed by atoms with Crippen molar-refractivity contribution < 1.29 is 9.53 Å². The number of ether oxygens (including phenoxy) is 1. The summed E-state index contributed by atoms with van der Waals surface area (Å²) in [5.74, 6) is 1.14. The summed E-state index contributed by atoms with van der Waals surface area (Å²) in [7, 11) is 5.76. The lowest BCUT2D eigenvalue weighted by Crippen LogP contribution is -2.36. The maximum absolute atomic E-state index is 12.5. The van der Waals surface area contributed by atoms with Crippen molar-refractivity contribution in [3.05, 3.63) is 36.2 Å². The van der Waals surface area contributed by atoms with E-state index in [0.717, 1.165) is 5.75 Å². The van der Waals surface area contributed by atoms with E-state index in [-0.39, 0.29) is 24.4 Å². The molecule has 1 aliphatic heterocycles. The average molecular weight is 330 g/mol. The molecule has 2 heterocycles. The Labute approximate surface area is 141 Å². The number of nitrogens with zero attached hydrogens (tertiary/aromatic N) is 6. The Hall–Kier alpha value is -2.48. The van der Waals surface area contributed by atoms with Crippen molar-refractivity contribution in [2.24, 2.45) is 0 Å². The molecule has 128 valence electrons. The van der Waals surface area contributed by atoms with Gasteiger partial charge in [-0.2, -0.15) is 0 Å². The Morgan fingerprint density at radius 1 is 1.29 bits per heavy atom. The number of likely N-dealkylation sites (tertiary alicyclic amines) is 1. The first kappa shape index (κ1) is 16.4. The van der Waals surface area contributed by atoms with Crippen LogP contribution in [-0.4, -0.2) is 76.3 Å². The molecule has 1 aromatic heterocycles. The summed E-state index contributed by atoms with van der Waals surface area (Å²) in [6, 6.07) is 8.36. The monoisotopic (exact) mass is 330 g/mol. The van der Waals surface area contributed by atoms with E-state index >= 15 is 0 Å². The molecule has 1 aromatic carbocycles. The van der Waals surface area contributed by atoms with Gasteiger partial charge in [0, 0.05) is 25.0 Å². The fourth-order valence-corrected chi connectivity index (χ4v) is 3.18. The number of benzene rings is 1. The lowest BCUT2D eigenvalue weighted by atomic mass is 9.93. The summed E-state index contributed by atoms with van der Waals surface area (Å²) in [5, 5.41) is 10.9. The number of rotatable bonds is 5. The molecule has 2 aromatic rings. The predicted octanol–water partition coefficient (Wildman–Crippen LogP) is 0.238. The molecule has 0 unspecified atom stereocenters. The van der Waals surface area contributed by atoms with E-state index in [1.54, 1.807) is 7.11 Å². The van der Waals surface area contributed by atoms with E-state index in [1.807, 2.05) is 17.0 Å². The molecule has 1 aliphatic rings. The number of tetrazole rings is 1. The number of hydrogen-bond donors (Lipinski definition) is 0. The number of amides is 1. The smallest absolute Gasteiger partial charge is 0.244 e. The van der Waals surface area contributed by atoms with Gasteiger partial charge in [-0.25, -0.2) is 4.68 Å². The topological polar surface area (TPSA) is 76.4 Å². The molecule has 8 heteroatoms. The van der Waals surface area contributed by atoms with Gasteiger partial charge in [0.2, 0.25) is 5.91 Å². The van der Waals surface area contributed by atoms with Crippen LogP contribution in [0.25, 0.3) is 0 Å². The maximum atomic E-state index is 12.5. The lowest BCUT2D eigenvalue weighted by Gasteiger charge is -2.25. The molecule has 1 fully saturated rings. The van der Waals surface area contributed by atoms with E-state index in [4.69, 9.17) is 4.74 Å². The normalized spacial score (nSPS) is 20.6. The predicted molar refractivity (Wildman–Crippen MR) is 87.6 cm³/mol. The van der Waals surface area contributed by atoms with Crippen molar-refractivity contribution in [1.29, 1.82) is 0 Å². The van der Waals surface area contributed by atoms with Crippen LogP contribution in [0.4, 0.5) is 0 Å². The van der Waals surface area contributed by atoms with Crippen LogP contribution in [0.3, 0.4) is 0 Å². The molecular weight excluding hydrogens is 308 g/mol. The first-order valence-electron chi connectivity index (χ1n) is 7.87. The highest BCUT2D eigenvalue weighted by Gasteiger charge is 2.37. The maximum Gasteiger partial charge on any atom is 0.244 e. The van der Waals surface area contributed by atoms with Crippen molar-refractivity contribution in [2.45, 2.75) is 18.5 Å². The second kappa shape index (κ2) is 6.96. The highest BCUT2D eigenvalue weighted by atomic mass is 16.5. The number of aromatic nitrogens is 4. The fraction of sp³-hybridized carbons (Fsp3) is 0.500. The van der Waals surface area contributed by atoms with Crippen LogP contribution in [0.1, 0.15) is 11.5 Å². The van der Waals surface area contributed by atoms with Gasteiger partial charge in [0.15, 0.2) is 0 Å². The van der Waals surface area contributed by atoms with Gasteiger partial charge in [-0.3, -0.25) is 4.79 Å². The second-order valence-electron chi connectivity index (χ2n) is 6.22. The van der Waals surface area contributed by atoms with Crippen LogP contribution >= 0.6 is 0 Å². The van der Waals surface area contributed by atoms with Crippen molar-refractivity contribution in [1.82, 2.24) is 30.0 Å². The molecule has 0 N–H and O–H groups in total. The van der Waals surface area contributed by atoms with Crippen molar-refractivity contribution in [3.8, 4) is 5.75 Å². The Morgan fingerprint density at radius 3 is 2.62 bits per heavy atom. The molecule has 0 aliphatic carbocycles. The van der Waals surface area contributed by atoms with Gasteiger partial charge in [0.1, 0.15) is 18.6 Å². The SMILES string of the molecule is COc1ccc([C@@H]2CN(C(=O)Cn3cnnn3)C[C@H]2N(C)C)cc1. The minimum absolute atomic E-state index is 0.0326. The number of carbonyl (C=O) groups is 1. The van der Waals surface area contributed by atoms with Gasteiger partial charge < -0.3 is 14.5 Å². The zero-order valence-corrected chi connectivity index (χ0v) is 14.2. The molecule has 1 saturated heterocycles. The molecular formula is C16H22N6O2. The van der Waals surface area contributed by atoms with Gasteiger partial charge in [-0.05, 0) is 42.2 Å². The molecule has 3 rings (SSSR count). The third kappa shape index (κ3) is 3.38. The molecule has 0 saturated carbocycles. The van der Waals surface area contributed by atoms with Crippen LogP contribution in [-0.2, 0) is 11.3 Å². The molecule has 0 radical (unpaired) electrons. The first-order valence-corrected chi connectivity index (χ1v) is 7.87. The summed E-state index contributed by atoms with van der Waals surface area (Å²) < 4.78 is 6.68. The van der Waals surface area contributed by atoms with Gasteiger partial charge >= 0.3 is 0 Å². The second-order valence-corrected chi connectivity index (χ2v) is 6.22. The minimum Gasteiger partial charge on any atom is -0.497 e. The van der Waals surface area contributed by atoms with Crippen molar-refractivity contribution in [3.63, 3.8) is 0 Å². The lowest BCUT2D eigenvalue weighted by molar-refractivity contribution is -0.131. The van der Waals surface area contributed by atoms with Crippen LogP contribution in [0.5, 0.6) is 5.75 Å². The van der Waals surface area contributed by atoms with E-state index in [2.05, 4.69) is 46.7 Å². The summed E-state index contributed by atoms with van der Waals surface area (Å²) >= 11 is 0. The van der Waals surface area contributed by atoms with Crippen LogP contribution in [0.15, 0.2) is 30.6 Å². The van der Waals surface area contributed by atoms with E-state index in [9.17, 15) is 4.79 Å². The van der Waals surface area contributed by atoms with Gasteiger partial charge in [-0.15, -0.1) is 5.10 Å². The van der Waals surface area contributed by atoms with Crippen LogP contribution < -0.4 is 4.74 Å². The number of hydrogen-bond acceptors (Lipinski definition) is 6. The Bertz CT molecular complexity index is 670. The Morgan fingerprint density at radius 2 is 2.04 bits per heavy atom. The van der Waals surface area contributed by atoms with Crippen molar-refractivity contribution in [2.75, 3.05) is 34.3 Å². The van der Waals surface area contributed by atoms with Crippen molar-refractivity contribution >= 4 is 5.91 Å². The minimum atomic E-state index is 0.0326. The van der Waals surface area contributed by atoms with E-state index in [1.165, 1.54) is 16.6 Å². The van der Waals surface area contributed by atoms with E-state index in [0.29, 0.717) is 13.1 Å². The zero-order valence-electron chi connectivity index (χ0n) is 14.2. The van der Waals surface area contributed by atoms with Crippen LogP contribution in [0.2, 0.25) is 0 Å². The summed E-state index contributed by atoms with van der Waals surface area (Å²) in [5.41, 5.74) is 1.22. The number of methoxy groups -OCH3 is 1. The van der Waals surface area contributed by atoms with Gasteiger partial charge in [-0.1, -0.05) is 12.1 Å². The molecule has 0 spiro atoms. The Kier molecular flexibility index (Phi) is 4.75. The van der Waals surface area contributed by atoms with E-state index < -0.39 is 0 Å². The van der Waals surface area contributed by atoms with Gasteiger partial charge in [0.05, 0.1) is 7.11 Å². The third-order valence-electron chi connectivity index (χ3n) is 4.54. The van der Waals surface area contributed by atoms with Gasteiger partial charge in [0.25, 0.3) is 0 Å². The number of carbonyl (C=O) groups excluding carboxylic acids is 1. The molecule has 24 heavy (non-hydrogen) atoms.